The van der Waals surface area contributed by atoms with Crippen LogP contribution in [0.1, 0.15) is 11.1 Å². The van der Waals surface area contributed by atoms with Gasteiger partial charge in [0.15, 0.2) is 0 Å². The van der Waals surface area contributed by atoms with E-state index < -0.39 is 6.36 Å². The number of ether oxygens (including phenoxy) is 1. The van der Waals surface area contributed by atoms with Crippen molar-refractivity contribution in [2.45, 2.75) is 19.3 Å². The topological polar surface area (TPSA) is 41.6 Å². The summed E-state index contributed by atoms with van der Waals surface area (Å²) in [4.78, 5) is 14.2. The lowest BCUT2D eigenvalue weighted by Gasteiger charge is -2.28. The van der Waals surface area contributed by atoms with Gasteiger partial charge in [-0.2, -0.15) is 0 Å². The summed E-state index contributed by atoms with van der Waals surface area (Å²) in [6.45, 7) is 1.74. The lowest BCUT2D eigenvalue weighted by atomic mass is 10.00. The highest BCUT2D eigenvalue weighted by Crippen LogP contribution is 2.24. The summed E-state index contributed by atoms with van der Waals surface area (Å²) in [6.07, 6.45) is -3.83. The third-order valence-corrected chi connectivity index (χ3v) is 3.95. The van der Waals surface area contributed by atoms with Crippen molar-refractivity contribution in [3.8, 4) is 5.75 Å². The van der Waals surface area contributed by atoms with Crippen LogP contribution >= 0.6 is 0 Å². The van der Waals surface area contributed by atoms with Crippen molar-refractivity contribution in [2.24, 2.45) is 0 Å². The van der Waals surface area contributed by atoms with E-state index in [-0.39, 0.29) is 18.2 Å². The number of halogens is 3. The van der Waals surface area contributed by atoms with E-state index in [2.05, 4.69) is 22.2 Å². The molecule has 0 radical (unpaired) electrons. The van der Waals surface area contributed by atoms with E-state index in [0.717, 1.165) is 13.0 Å². The number of hydrogen-bond donors (Lipinski definition) is 1. The van der Waals surface area contributed by atoms with Crippen LogP contribution in [-0.2, 0) is 17.8 Å². The molecule has 0 saturated carbocycles. The van der Waals surface area contributed by atoms with Crippen LogP contribution in [0.4, 0.5) is 18.9 Å². The van der Waals surface area contributed by atoms with Crippen molar-refractivity contribution in [1.29, 1.82) is 0 Å². The SMILES string of the molecule is O=C(CN1CCc2ccccc2C1)Nc1ccc(OC(F)(F)F)cc1. The molecular formula is C18H17F3N2O2. The summed E-state index contributed by atoms with van der Waals surface area (Å²) in [5.74, 6) is -0.526. The Labute approximate surface area is 143 Å². The molecule has 1 aliphatic rings. The van der Waals surface area contributed by atoms with Gasteiger partial charge >= 0.3 is 6.36 Å². The summed E-state index contributed by atoms with van der Waals surface area (Å²) in [5, 5.41) is 2.69. The maximum atomic E-state index is 12.1. The Bertz CT molecular complexity index is 745. The maximum Gasteiger partial charge on any atom is 0.573 e. The number of carbonyl (C=O) groups excluding carboxylic acids is 1. The number of nitrogens with zero attached hydrogens (tertiary/aromatic N) is 1. The molecule has 7 heteroatoms. The Hall–Kier alpha value is -2.54. The highest BCUT2D eigenvalue weighted by molar-refractivity contribution is 5.92. The fourth-order valence-corrected chi connectivity index (χ4v) is 2.83. The highest BCUT2D eigenvalue weighted by Gasteiger charge is 2.31. The van der Waals surface area contributed by atoms with Crippen molar-refractivity contribution in [1.82, 2.24) is 4.90 Å². The molecule has 0 fully saturated rings. The van der Waals surface area contributed by atoms with E-state index in [1.807, 2.05) is 17.0 Å². The highest BCUT2D eigenvalue weighted by atomic mass is 19.4. The van der Waals surface area contributed by atoms with Gasteiger partial charge in [-0.1, -0.05) is 24.3 Å². The van der Waals surface area contributed by atoms with Crippen LogP contribution in [0.5, 0.6) is 5.75 Å². The summed E-state index contributed by atoms with van der Waals surface area (Å²) in [5.41, 5.74) is 2.95. The molecule has 0 spiro atoms. The van der Waals surface area contributed by atoms with Gasteiger partial charge in [-0.15, -0.1) is 13.2 Å². The molecule has 0 atom stereocenters. The first-order valence-corrected chi connectivity index (χ1v) is 7.84. The normalized spacial score (nSPS) is 14.7. The smallest absolute Gasteiger partial charge is 0.406 e. The molecule has 1 amide bonds. The fourth-order valence-electron chi connectivity index (χ4n) is 2.83. The van der Waals surface area contributed by atoms with Crippen LogP contribution in [0.3, 0.4) is 0 Å². The maximum absolute atomic E-state index is 12.1. The van der Waals surface area contributed by atoms with Crippen LogP contribution < -0.4 is 10.1 Å². The third-order valence-electron chi connectivity index (χ3n) is 3.95. The Morgan fingerprint density at radius 2 is 1.76 bits per heavy atom. The Kier molecular flexibility index (Phi) is 4.94. The number of anilines is 1. The van der Waals surface area contributed by atoms with Crippen molar-refractivity contribution in [3.63, 3.8) is 0 Å². The van der Waals surface area contributed by atoms with Gasteiger partial charge in [-0.25, -0.2) is 0 Å². The van der Waals surface area contributed by atoms with E-state index in [9.17, 15) is 18.0 Å². The number of carbonyl (C=O) groups is 1. The molecule has 0 aromatic heterocycles. The zero-order valence-corrected chi connectivity index (χ0v) is 13.3. The second kappa shape index (κ2) is 7.14. The predicted molar refractivity (Wildman–Crippen MR) is 87.2 cm³/mol. The van der Waals surface area contributed by atoms with Gasteiger partial charge in [0.2, 0.25) is 5.91 Å². The summed E-state index contributed by atoms with van der Waals surface area (Å²) in [7, 11) is 0. The zero-order valence-electron chi connectivity index (χ0n) is 13.3. The van der Waals surface area contributed by atoms with Gasteiger partial charge in [0.25, 0.3) is 0 Å². The molecule has 0 saturated heterocycles. The van der Waals surface area contributed by atoms with Crippen LogP contribution in [-0.4, -0.2) is 30.3 Å². The van der Waals surface area contributed by atoms with E-state index >= 15 is 0 Å². The van der Waals surface area contributed by atoms with E-state index in [0.29, 0.717) is 12.2 Å². The van der Waals surface area contributed by atoms with E-state index in [1.54, 1.807) is 0 Å². The second-order valence-electron chi connectivity index (χ2n) is 5.85. The first-order chi connectivity index (χ1) is 11.9. The quantitative estimate of drug-likeness (QED) is 0.916. The minimum absolute atomic E-state index is 0.205. The number of nitrogens with one attached hydrogen (secondary N) is 1. The number of amides is 1. The molecule has 0 unspecified atom stereocenters. The van der Waals surface area contributed by atoms with Gasteiger partial charge in [0, 0.05) is 18.8 Å². The summed E-state index contributed by atoms with van der Waals surface area (Å²) < 4.78 is 40.2. The largest absolute Gasteiger partial charge is 0.573 e. The fraction of sp³-hybridized carbons (Fsp3) is 0.278. The third kappa shape index (κ3) is 4.96. The van der Waals surface area contributed by atoms with Crippen LogP contribution in [0.25, 0.3) is 0 Å². The monoisotopic (exact) mass is 350 g/mol. The molecular weight excluding hydrogens is 333 g/mol. The number of fused-ring (bicyclic) bond motifs is 1. The predicted octanol–water partition coefficient (Wildman–Crippen LogP) is 3.58. The summed E-state index contributed by atoms with van der Waals surface area (Å²) >= 11 is 0. The molecule has 4 nitrogen and oxygen atoms in total. The molecule has 132 valence electrons. The van der Waals surface area contributed by atoms with Crippen molar-refractivity contribution in [3.05, 3.63) is 59.7 Å². The summed E-state index contributed by atoms with van der Waals surface area (Å²) in [6, 6.07) is 13.2. The van der Waals surface area contributed by atoms with Crippen LogP contribution in [0, 0.1) is 0 Å². The van der Waals surface area contributed by atoms with E-state index in [1.165, 1.54) is 35.4 Å². The number of hydrogen-bond acceptors (Lipinski definition) is 3. The lowest BCUT2D eigenvalue weighted by Crippen LogP contribution is -2.37. The average Bonchev–Trinajstić information content (AvgIpc) is 2.55. The molecule has 1 heterocycles. The van der Waals surface area contributed by atoms with Crippen molar-refractivity contribution in [2.75, 3.05) is 18.4 Å². The molecule has 25 heavy (non-hydrogen) atoms. The standard InChI is InChI=1S/C18H17F3N2O2/c19-18(20,21)25-16-7-5-15(6-8-16)22-17(24)12-23-10-9-13-3-1-2-4-14(13)11-23/h1-8H,9-12H2,(H,22,24). The van der Waals surface area contributed by atoms with E-state index in [4.69, 9.17) is 0 Å². The Morgan fingerprint density at radius 3 is 2.44 bits per heavy atom. The molecule has 2 aromatic carbocycles. The molecule has 1 aliphatic heterocycles. The lowest BCUT2D eigenvalue weighted by molar-refractivity contribution is -0.274. The molecule has 2 aromatic rings. The molecule has 1 N–H and O–H groups in total. The van der Waals surface area contributed by atoms with Crippen LogP contribution in [0.2, 0.25) is 0 Å². The minimum atomic E-state index is -4.73. The minimum Gasteiger partial charge on any atom is -0.406 e. The van der Waals surface area contributed by atoms with Crippen molar-refractivity contribution < 1.29 is 22.7 Å². The number of benzene rings is 2. The first-order valence-electron chi connectivity index (χ1n) is 7.84. The number of rotatable bonds is 4. The average molecular weight is 350 g/mol. The Balaban J connectivity index is 1.53. The van der Waals surface area contributed by atoms with Gasteiger partial charge in [0.05, 0.1) is 6.54 Å². The Morgan fingerprint density at radius 1 is 1.08 bits per heavy atom. The van der Waals surface area contributed by atoms with Gasteiger partial charge in [0.1, 0.15) is 5.75 Å². The van der Waals surface area contributed by atoms with Gasteiger partial charge in [-0.3, -0.25) is 9.69 Å². The zero-order chi connectivity index (χ0) is 17.9. The molecule has 0 bridgehead atoms. The molecule has 3 rings (SSSR count). The van der Waals surface area contributed by atoms with Gasteiger partial charge < -0.3 is 10.1 Å². The second-order valence-corrected chi connectivity index (χ2v) is 5.85. The van der Waals surface area contributed by atoms with Crippen LogP contribution in [0.15, 0.2) is 48.5 Å². The molecule has 0 aliphatic carbocycles. The van der Waals surface area contributed by atoms with Crippen molar-refractivity contribution >= 4 is 11.6 Å². The first kappa shape index (κ1) is 17.3. The van der Waals surface area contributed by atoms with Gasteiger partial charge in [-0.05, 0) is 41.8 Å². The number of alkyl halides is 3.